The molecule has 0 spiro atoms. The van der Waals surface area contributed by atoms with Gasteiger partial charge in [0.2, 0.25) is 5.91 Å². The van der Waals surface area contributed by atoms with E-state index in [2.05, 4.69) is 33.8 Å². The van der Waals surface area contributed by atoms with Crippen LogP contribution < -0.4 is 11.1 Å². The van der Waals surface area contributed by atoms with Crippen LogP contribution in [0.2, 0.25) is 0 Å². The van der Waals surface area contributed by atoms with Crippen LogP contribution in [-0.4, -0.2) is 32.2 Å². The van der Waals surface area contributed by atoms with Gasteiger partial charge in [0.05, 0.1) is 17.5 Å². The number of amides is 1. The van der Waals surface area contributed by atoms with E-state index in [1.54, 1.807) is 18.5 Å². The van der Waals surface area contributed by atoms with Crippen molar-refractivity contribution in [1.29, 1.82) is 0 Å². The molecule has 0 aliphatic carbocycles. The number of anilines is 1. The molecule has 0 saturated heterocycles. The van der Waals surface area contributed by atoms with Crippen molar-refractivity contribution in [3.63, 3.8) is 0 Å². The average molecular weight is 477 g/mol. The first-order valence-electron chi connectivity index (χ1n) is 12.1. The van der Waals surface area contributed by atoms with Gasteiger partial charge >= 0.3 is 0 Å². The molecule has 0 unspecified atom stereocenters. The molecule has 5 rings (SSSR count). The summed E-state index contributed by atoms with van der Waals surface area (Å²) in [6.07, 6.45) is 8.42. The zero-order chi connectivity index (χ0) is 24.7. The summed E-state index contributed by atoms with van der Waals surface area (Å²) < 4.78 is 2.04. The molecule has 7 nitrogen and oxygen atoms in total. The summed E-state index contributed by atoms with van der Waals surface area (Å²) in [6.45, 7) is 0.894. The van der Waals surface area contributed by atoms with Crippen LogP contribution in [-0.2, 0) is 6.42 Å². The number of hydrogen-bond donors (Lipinski definition) is 3. The van der Waals surface area contributed by atoms with Crippen LogP contribution in [0.25, 0.3) is 28.2 Å². The number of para-hydroxylation sites is 2. The first-order chi connectivity index (χ1) is 17.7. The molecule has 3 aromatic carbocycles. The third-order valence-corrected chi connectivity index (χ3v) is 6.12. The van der Waals surface area contributed by atoms with Crippen LogP contribution in [0.5, 0.6) is 0 Å². The Morgan fingerprint density at radius 3 is 2.44 bits per heavy atom. The highest BCUT2D eigenvalue weighted by Crippen LogP contribution is 2.35. The number of imidazole rings is 1. The maximum atomic E-state index is 12.5. The van der Waals surface area contributed by atoms with Crippen molar-refractivity contribution in [3.05, 3.63) is 109 Å². The number of nitrogens with zero attached hydrogens (tertiary/aromatic N) is 3. The van der Waals surface area contributed by atoms with E-state index in [-0.39, 0.29) is 0 Å². The molecule has 0 bridgehead atoms. The van der Waals surface area contributed by atoms with Crippen LogP contribution >= 0.6 is 0 Å². The fraction of sp³-hybridized carbons (Fsp3) is 0.138. The fourth-order valence-corrected chi connectivity index (χ4v) is 4.37. The summed E-state index contributed by atoms with van der Waals surface area (Å²) in [5.41, 5.74) is 11.7. The zero-order valence-electron chi connectivity index (χ0n) is 19.9. The van der Waals surface area contributed by atoms with E-state index in [1.807, 2.05) is 65.2 Å². The number of nitrogens with two attached hydrogens (primary N) is 1. The Labute approximate surface area is 210 Å². The lowest BCUT2D eigenvalue weighted by Crippen LogP contribution is -2.14. The molecular formula is C29H28N6O. The smallest absolute Gasteiger partial charge is 0.249 e. The summed E-state index contributed by atoms with van der Waals surface area (Å²) in [6, 6.07) is 25.8. The van der Waals surface area contributed by atoms with Gasteiger partial charge in [0, 0.05) is 41.4 Å². The first-order valence-corrected chi connectivity index (χ1v) is 12.1. The number of benzene rings is 3. The third kappa shape index (κ3) is 5.05. The molecule has 0 atom stereocenters. The molecule has 1 amide bonds. The quantitative estimate of drug-likeness (QED) is 0.233. The first kappa shape index (κ1) is 23.1. The van der Waals surface area contributed by atoms with Crippen molar-refractivity contribution in [1.82, 2.24) is 19.7 Å². The summed E-state index contributed by atoms with van der Waals surface area (Å²) in [4.78, 5) is 17.5. The Morgan fingerprint density at radius 2 is 1.72 bits per heavy atom. The second-order valence-corrected chi connectivity index (χ2v) is 8.59. The number of primary amides is 1. The molecule has 7 heteroatoms. The summed E-state index contributed by atoms with van der Waals surface area (Å²) in [7, 11) is 0. The highest BCUT2D eigenvalue weighted by molar-refractivity contribution is 6.03. The van der Waals surface area contributed by atoms with Gasteiger partial charge in [-0.2, -0.15) is 5.10 Å². The Morgan fingerprint density at radius 1 is 0.944 bits per heavy atom. The Balaban J connectivity index is 1.47. The standard InChI is InChI=1S/C29H28N6O/c30-28(36)26-16-9-15-25(21-18-32-33-19-21)27(26)29-34-23(20-35(29)24-13-5-2-6-14-24)12-7-8-17-31-22-10-3-1-4-11-22/h1-6,9-11,13-16,18-20,31H,7-8,12,17H2,(H2,30,36)(H,32,33). The van der Waals surface area contributed by atoms with Gasteiger partial charge in [-0.25, -0.2) is 4.98 Å². The van der Waals surface area contributed by atoms with Crippen LogP contribution in [0, 0.1) is 0 Å². The van der Waals surface area contributed by atoms with Crippen molar-refractivity contribution in [2.45, 2.75) is 19.3 Å². The number of aryl methyl sites for hydroxylation is 1. The molecule has 0 radical (unpaired) electrons. The number of carbonyl (C=O) groups is 1. The number of H-pyrrole nitrogens is 1. The number of aromatic amines is 1. The van der Waals surface area contributed by atoms with Crippen molar-refractivity contribution in [2.24, 2.45) is 5.73 Å². The maximum Gasteiger partial charge on any atom is 0.249 e. The average Bonchev–Trinajstić information content (AvgIpc) is 3.60. The molecule has 0 fully saturated rings. The van der Waals surface area contributed by atoms with E-state index in [4.69, 9.17) is 10.7 Å². The summed E-state index contributed by atoms with van der Waals surface area (Å²) >= 11 is 0. The van der Waals surface area contributed by atoms with E-state index >= 15 is 0 Å². The van der Waals surface area contributed by atoms with Gasteiger partial charge in [-0.05, 0) is 55.2 Å². The van der Waals surface area contributed by atoms with Crippen molar-refractivity contribution >= 4 is 11.6 Å². The number of carbonyl (C=O) groups excluding carboxylic acids is 1. The predicted molar refractivity (Wildman–Crippen MR) is 143 cm³/mol. The molecule has 0 aliphatic heterocycles. The van der Waals surface area contributed by atoms with Gasteiger partial charge in [-0.15, -0.1) is 0 Å². The zero-order valence-corrected chi connectivity index (χ0v) is 19.9. The highest BCUT2D eigenvalue weighted by atomic mass is 16.1. The third-order valence-electron chi connectivity index (χ3n) is 6.12. The predicted octanol–water partition coefficient (Wildman–Crippen LogP) is 5.46. The molecule has 5 aromatic rings. The van der Waals surface area contributed by atoms with Gasteiger partial charge < -0.3 is 11.1 Å². The second-order valence-electron chi connectivity index (χ2n) is 8.59. The van der Waals surface area contributed by atoms with Crippen LogP contribution in [0.4, 0.5) is 5.69 Å². The summed E-state index contributed by atoms with van der Waals surface area (Å²) in [5, 5.41) is 10.4. The largest absolute Gasteiger partial charge is 0.385 e. The SMILES string of the molecule is NC(=O)c1cccc(-c2cn[nH]c2)c1-c1nc(CCCCNc2ccccc2)cn1-c1ccccc1. The minimum atomic E-state index is -0.494. The summed E-state index contributed by atoms with van der Waals surface area (Å²) in [5.74, 6) is 0.190. The number of rotatable bonds is 10. The monoisotopic (exact) mass is 476 g/mol. The van der Waals surface area contributed by atoms with E-state index in [9.17, 15) is 4.79 Å². The van der Waals surface area contributed by atoms with Crippen molar-refractivity contribution < 1.29 is 4.79 Å². The normalized spacial score (nSPS) is 10.9. The van der Waals surface area contributed by atoms with E-state index in [1.165, 1.54) is 0 Å². The van der Waals surface area contributed by atoms with E-state index in [0.717, 1.165) is 54.0 Å². The number of unbranched alkanes of at least 4 members (excludes halogenated alkanes) is 1. The Kier molecular flexibility index (Phi) is 6.89. The number of hydrogen-bond acceptors (Lipinski definition) is 4. The number of aromatic nitrogens is 4. The van der Waals surface area contributed by atoms with Crippen LogP contribution in [0.1, 0.15) is 28.9 Å². The molecule has 2 aromatic heterocycles. The molecule has 4 N–H and O–H groups in total. The molecule has 180 valence electrons. The van der Waals surface area contributed by atoms with Gasteiger partial charge in [0.15, 0.2) is 0 Å². The molecule has 0 aliphatic rings. The maximum absolute atomic E-state index is 12.5. The Bertz CT molecular complexity index is 1430. The van der Waals surface area contributed by atoms with Gasteiger partial charge in [-0.3, -0.25) is 14.5 Å². The molecule has 0 saturated carbocycles. The lowest BCUT2D eigenvalue weighted by molar-refractivity contribution is 0.100. The van der Waals surface area contributed by atoms with E-state index < -0.39 is 5.91 Å². The van der Waals surface area contributed by atoms with Gasteiger partial charge in [0.25, 0.3) is 0 Å². The lowest BCUT2D eigenvalue weighted by Gasteiger charge is -2.14. The fourth-order valence-electron chi connectivity index (χ4n) is 4.37. The van der Waals surface area contributed by atoms with Crippen LogP contribution in [0.3, 0.4) is 0 Å². The van der Waals surface area contributed by atoms with Crippen molar-refractivity contribution in [3.8, 4) is 28.2 Å². The van der Waals surface area contributed by atoms with E-state index in [0.29, 0.717) is 17.0 Å². The lowest BCUT2D eigenvalue weighted by atomic mass is 9.96. The second kappa shape index (κ2) is 10.7. The van der Waals surface area contributed by atoms with Crippen LogP contribution in [0.15, 0.2) is 97.5 Å². The van der Waals surface area contributed by atoms with Gasteiger partial charge in [-0.1, -0.05) is 48.5 Å². The minimum Gasteiger partial charge on any atom is -0.385 e. The topological polar surface area (TPSA) is 102 Å². The van der Waals surface area contributed by atoms with Gasteiger partial charge in [0.1, 0.15) is 5.82 Å². The highest BCUT2D eigenvalue weighted by Gasteiger charge is 2.22. The molecule has 36 heavy (non-hydrogen) atoms. The minimum absolute atomic E-state index is 0.426. The van der Waals surface area contributed by atoms with Crippen molar-refractivity contribution in [2.75, 3.05) is 11.9 Å². The molecule has 2 heterocycles. The molecular weight excluding hydrogens is 448 g/mol. The Hall–Kier alpha value is -4.65. The number of nitrogens with one attached hydrogen (secondary N) is 2.